The first-order valence-corrected chi connectivity index (χ1v) is 40.0. The number of thioether (sulfide) groups is 4. The third-order valence-electron chi connectivity index (χ3n) is 16.6. The van der Waals surface area contributed by atoms with Crippen LogP contribution in [-0.2, 0) is 38.4 Å². The molecule has 3 aromatic carbocycles. The minimum absolute atomic E-state index is 0. The largest absolute Gasteiger partial charge is 1.00 e. The van der Waals surface area contributed by atoms with E-state index in [0.29, 0.717) is 55.5 Å². The molecule has 4 fully saturated rings. The fourth-order valence-corrected chi connectivity index (χ4v) is 14.7. The van der Waals surface area contributed by atoms with Crippen LogP contribution in [0.4, 0.5) is 19.2 Å². The van der Waals surface area contributed by atoms with Gasteiger partial charge in [0.15, 0.2) is 5.96 Å². The molecular formula is C76H121Cl3N10O11S4. The molecule has 13 N–H and O–H groups in total. The minimum Gasteiger partial charge on any atom is -1.00 e. The molecule has 586 valence electrons. The molecule has 4 heterocycles. The van der Waals surface area contributed by atoms with Gasteiger partial charge in [0.1, 0.15) is 17.2 Å². The van der Waals surface area contributed by atoms with E-state index < -0.39 is 0 Å². The molecule has 4 saturated heterocycles. The van der Waals surface area contributed by atoms with Crippen molar-refractivity contribution >= 4 is 97.6 Å². The number of hydrogen-bond acceptors (Lipinski definition) is 16. The summed E-state index contributed by atoms with van der Waals surface area (Å²) in [5.41, 5.74) is 25.3. The van der Waals surface area contributed by atoms with Gasteiger partial charge < -0.3 is 80.1 Å². The van der Waals surface area contributed by atoms with Crippen LogP contribution in [0.25, 0.3) is 0 Å². The van der Waals surface area contributed by atoms with Crippen molar-refractivity contribution < 1.29 is 107 Å². The van der Waals surface area contributed by atoms with Crippen molar-refractivity contribution in [2.24, 2.45) is 16.5 Å². The van der Waals surface area contributed by atoms with E-state index in [4.69, 9.17) is 25.7 Å². The topological polar surface area (TPSA) is 325 Å². The van der Waals surface area contributed by atoms with Gasteiger partial charge in [-0.1, -0.05) is 197 Å². The molecule has 0 saturated carbocycles. The van der Waals surface area contributed by atoms with E-state index in [0.717, 1.165) is 173 Å². The van der Waals surface area contributed by atoms with Crippen molar-refractivity contribution in [1.82, 2.24) is 19.6 Å². The number of aliphatic imine (C=N–C) groups is 1. The number of hydrogen-bond donors (Lipinski definition) is 5. The van der Waals surface area contributed by atoms with Crippen LogP contribution in [0.1, 0.15) is 206 Å². The predicted octanol–water partition coefficient (Wildman–Crippen LogP) is 4.19. The SMILES string of the molecule is C.CCCCCCCC/C=C1\SC(=O)N(CC[NH3+])C1=O.CCCCCCCOc1ccc(CC/C=C2\SC(=O)N(CCN=C(N)N)C2=O)cc1.CCCCCCCOc1ccc(CCCC2SC(=O)N(CC[NH3+])C2=O)cc1.CCCCOc1ccc(CCCC2SC(=O)N(CC[NH3+])C2=O)cc1.[Cl-].[Cl-].[Cl-]. The molecule has 2 atom stereocenters. The van der Waals surface area contributed by atoms with Gasteiger partial charge in [0.05, 0.1) is 85.9 Å². The van der Waals surface area contributed by atoms with Gasteiger partial charge >= 0.3 is 0 Å². The quantitative estimate of drug-likeness (QED) is 0.0229. The lowest BCUT2D eigenvalue weighted by Gasteiger charge is -2.11. The van der Waals surface area contributed by atoms with Crippen LogP contribution < -0.4 is 80.1 Å². The molecule has 21 nitrogen and oxygen atoms in total. The number of carbonyl (C=O) groups excluding carboxylic acids is 8. The normalized spacial score (nSPS) is 16.1. The fourth-order valence-electron chi connectivity index (χ4n) is 10.9. The average molecular weight is 1590 g/mol. The van der Waals surface area contributed by atoms with E-state index in [-0.39, 0.29) is 119 Å². The summed E-state index contributed by atoms with van der Waals surface area (Å²) in [6.07, 6.45) is 33.2. The van der Waals surface area contributed by atoms with E-state index in [2.05, 4.69) is 74.2 Å². The Balaban J connectivity index is 0.00000136. The molecule has 4 aliphatic heterocycles. The molecule has 0 bridgehead atoms. The zero-order chi connectivity index (χ0) is 72.7. The lowest BCUT2D eigenvalue weighted by atomic mass is 10.1. The number of rotatable bonds is 45. The van der Waals surface area contributed by atoms with Crippen LogP contribution in [0, 0.1) is 0 Å². The van der Waals surface area contributed by atoms with Gasteiger partial charge in [0.2, 0.25) is 11.8 Å². The summed E-state index contributed by atoms with van der Waals surface area (Å²) in [4.78, 5) is 106. The summed E-state index contributed by atoms with van der Waals surface area (Å²) in [6.45, 7) is 14.5. The fraction of sp³-hybridized carbons (Fsp3) is 0.592. The van der Waals surface area contributed by atoms with E-state index in [1.165, 1.54) is 114 Å². The Morgan fingerprint density at radius 3 is 1.14 bits per heavy atom. The lowest BCUT2D eigenvalue weighted by Crippen LogP contribution is -3.00. The molecule has 2 unspecified atom stereocenters. The summed E-state index contributed by atoms with van der Waals surface area (Å²) in [5.74, 6) is 2.15. The zero-order valence-corrected chi connectivity index (χ0v) is 66.9. The lowest BCUT2D eigenvalue weighted by molar-refractivity contribution is -0.367. The summed E-state index contributed by atoms with van der Waals surface area (Å²) in [7, 11) is 0. The van der Waals surface area contributed by atoms with Crippen LogP contribution in [0.3, 0.4) is 0 Å². The molecule has 28 heteroatoms. The average Bonchev–Trinajstić information content (AvgIpc) is 1.74. The minimum atomic E-state index is -0.284. The Bertz CT molecular complexity index is 3050. The number of halogens is 3. The molecular weight excluding hydrogens is 1460 g/mol. The van der Waals surface area contributed by atoms with Gasteiger partial charge in [0.25, 0.3) is 32.8 Å². The first-order valence-electron chi connectivity index (χ1n) is 36.6. The van der Waals surface area contributed by atoms with Gasteiger partial charge in [0, 0.05) is 6.54 Å². The van der Waals surface area contributed by atoms with Gasteiger partial charge in [-0.25, -0.2) is 0 Å². The van der Waals surface area contributed by atoms with Crippen molar-refractivity contribution in [3.8, 4) is 17.2 Å². The summed E-state index contributed by atoms with van der Waals surface area (Å²) in [6, 6.07) is 24.4. The van der Waals surface area contributed by atoms with Crippen molar-refractivity contribution in [3.05, 3.63) is 111 Å². The van der Waals surface area contributed by atoms with Crippen LogP contribution >= 0.6 is 47.0 Å². The highest BCUT2D eigenvalue weighted by atomic mass is 35.5. The Hall–Kier alpha value is -5.48. The second kappa shape index (κ2) is 59.5. The maximum Gasteiger partial charge on any atom is 0.293 e. The van der Waals surface area contributed by atoms with Crippen LogP contribution in [0.2, 0.25) is 0 Å². The molecule has 104 heavy (non-hydrogen) atoms. The molecule has 0 aliphatic carbocycles. The van der Waals surface area contributed by atoms with Crippen molar-refractivity contribution in [1.29, 1.82) is 0 Å². The number of carbonyl (C=O) groups is 8. The first-order chi connectivity index (χ1) is 48.5. The van der Waals surface area contributed by atoms with Gasteiger partial charge in [-0.15, -0.1) is 0 Å². The van der Waals surface area contributed by atoms with E-state index in [1.807, 2.05) is 60.7 Å². The Kier molecular flexibility index (Phi) is 56.4. The van der Waals surface area contributed by atoms with Gasteiger partial charge in [-0.3, -0.25) is 62.9 Å². The number of ether oxygens (including phenoxy) is 3. The molecule has 0 radical (unpaired) electrons. The molecule has 0 spiro atoms. The maximum atomic E-state index is 12.4. The second-order valence-electron chi connectivity index (χ2n) is 24.9. The zero-order valence-electron chi connectivity index (χ0n) is 61.4. The summed E-state index contributed by atoms with van der Waals surface area (Å²) in [5, 5.41) is -1.12. The highest BCUT2D eigenvalue weighted by Crippen LogP contribution is 2.34. The highest BCUT2D eigenvalue weighted by molar-refractivity contribution is 8.18. The summed E-state index contributed by atoms with van der Waals surface area (Å²) < 4.78 is 17.2. The third kappa shape index (κ3) is 38.4. The number of quaternary nitrogens is 3. The van der Waals surface area contributed by atoms with Crippen LogP contribution in [0.5, 0.6) is 17.2 Å². The van der Waals surface area contributed by atoms with E-state index >= 15 is 0 Å². The Labute approximate surface area is 656 Å². The molecule has 7 rings (SSSR count). The van der Waals surface area contributed by atoms with Crippen LogP contribution in [-0.4, -0.2) is 153 Å². The molecule has 4 aliphatic rings. The van der Waals surface area contributed by atoms with Crippen molar-refractivity contribution in [3.63, 3.8) is 0 Å². The number of unbranched alkanes of at least 4 members (excludes halogenated alkanes) is 15. The monoisotopic (exact) mass is 1580 g/mol. The van der Waals surface area contributed by atoms with Gasteiger partial charge in [-0.05, 0) is 160 Å². The Morgan fingerprint density at radius 2 is 0.760 bits per heavy atom. The Morgan fingerprint density at radius 1 is 0.423 bits per heavy atom. The van der Waals surface area contributed by atoms with E-state index in [9.17, 15) is 38.4 Å². The highest BCUT2D eigenvalue weighted by Gasteiger charge is 2.40. The van der Waals surface area contributed by atoms with Crippen molar-refractivity contribution in [2.45, 2.75) is 219 Å². The molecule has 0 aromatic heterocycles. The number of allylic oxidation sites excluding steroid dienone is 2. The molecule has 8 amide bonds. The van der Waals surface area contributed by atoms with Gasteiger partial charge in [-0.2, -0.15) is 0 Å². The standard InChI is InChI=1S/C22H32N4O3S.C21H32N2O3S.C18H26N2O3S.C14H24N2O2S.CH4.3ClH/c1-2-3-4-5-6-16-29-18-12-10-17(11-13-18)8-7-9-19-20(27)26(22(28)30-19)15-14-25-21(23)24;1-2-3-4-5-6-16-26-18-12-10-17(11-13-18)8-7-9-19-20(24)23(15-14-22)21(25)27-19;1-2-3-13-23-15-9-7-14(8-10-15)5-4-6-16-17(21)20(12-11-19)18(22)24-16;1-2-3-4-5-6-7-8-9-12-13(17)16(11-10-15)14(18)19-12;;;;/h9-13H,2-8,14-16H2,1H3,(H4,23,24,25);10-13,19H,2-9,14-16,22H2,1H3;7-10,16H,2-6,11-13,19H2,1H3;9H,2-8,10-11,15H2,1H3;1H4;3*1H/b19-9-;;;12-9-;;;;. The number of aryl methyl sites for hydroxylation is 3. The number of guanidine groups is 1. The van der Waals surface area contributed by atoms with Crippen molar-refractivity contribution in [2.75, 3.05) is 72.2 Å². The van der Waals surface area contributed by atoms with Crippen LogP contribution in [0.15, 0.2) is 99.8 Å². The predicted molar refractivity (Wildman–Crippen MR) is 414 cm³/mol. The maximum absolute atomic E-state index is 12.4. The molecule has 3 aromatic rings. The smallest absolute Gasteiger partial charge is 0.293 e. The third-order valence-corrected chi connectivity index (χ3v) is 20.8. The number of nitrogens with zero attached hydrogens (tertiary/aromatic N) is 5. The number of imide groups is 4. The number of amides is 8. The number of benzene rings is 3. The first kappa shape index (κ1) is 98.5. The summed E-state index contributed by atoms with van der Waals surface area (Å²) >= 11 is 4.35. The number of nitrogens with two attached hydrogens (primary N) is 2. The second-order valence-corrected chi connectivity index (χ2v) is 29.2. The van der Waals surface area contributed by atoms with E-state index in [1.54, 1.807) is 0 Å².